The summed E-state index contributed by atoms with van der Waals surface area (Å²) in [7, 11) is 1.96. The second kappa shape index (κ2) is 4.94. The standard InChI is InChI=1S/C15H18N2O/c1-16-10-11-9-15(18-12-5-4-6-12)17-14-8-3-2-7-13(11)14/h2-3,7-9,12,16H,4-6,10H2,1H3. The average Bonchev–Trinajstić information content (AvgIpc) is 2.34. The van der Waals surface area contributed by atoms with Crippen LogP contribution in [0.15, 0.2) is 30.3 Å². The summed E-state index contributed by atoms with van der Waals surface area (Å²) >= 11 is 0. The number of para-hydroxylation sites is 1. The molecule has 3 rings (SSSR count). The van der Waals surface area contributed by atoms with Gasteiger partial charge in [-0.25, -0.2) is 4.98 Å². The third-order valence-corrected chi connectivity index (χ3v) is 3.49. The van der Waals surface area contributed by atoms with E-state index in [0.29, 0.717) is 6.10 Å². The predicted octanol–water partition coefficient (Wildman–Crippen LogP) is 2.89. The highest BCUT2D eigenvalue weighted by Gasteiger charge is 2.20. The van der Waals surface area contributed by atoms with E-state index in [1.165, 1.54) is 17.4 Å². The summed E-state index contributed by atoms with van der Waals surface area (Å²) in [5.41, 5.74) is 2.26. The molecular weight excluding hydrogens is 224 g/mol. The Morgan fingerprint density at radius 3 is 2.89 bits per heavy atom. The molecule has 0 bridgehead atoms. The Balaban J connectivity index is 1.98. The number of nitrogens with zero attached hydrogens (tertiary/aromatic N) is 1. The minimum absolute atomic E-state index is 0.376. The Morgan fingerprint density at radius 2 is 2.17 bits per heavy atom. The number of hydrogen-bond donors (Lipinski definition) is 1. The van der Waals surface area contributed by atoms with Crippen molar-refractivity contribution in [2.45, 2.75) is 31.9 Å². The van der Waals surface area contributed by atoms with Crippen LogP contribution in [-0.4, -0.2) is 18.1 Å². The summed E-state index contributed by atoms with van der Waals surface area (Å²) in [5, 5.41) is 4.40. The van der Waals surface area contributed by atoms with Crippen LogP contribution in [0.1, 0.15) is 24.8 Å². The van der Waals surface area contributed by atoms with E-state index in [1.54, 1.807) is 0 Å². The van der Waals surface area contributed by atoms with Crippen molar-refractivity contribution < 1.29 is 4.74 Å². The molecule has 0 saturated heterocycles. The van der Waals surface area contributed by atoms with Crippen LogP contribution in [0.25, 0.3) is 10.9 Å². The number of pyridine rings is 1. The molecule has 0 amide bonds. The first kappa shape index (κ1) is 11.5. The van der Waals surface area contributed by atoms with Crippen molar-refractivity contribution >= 4 is 10.9 Å². The molecule has 1 saturated carbocycles. The van der Waals surface area contributed by atoms with E-state index in [2.05, 4.69) is 28.5 Å². The second-order valence-corrected chi connectivity index (χ2v) is 4.84. The highest BCUT2D eigenvalue weighted by Crippen LogP contribution is 2.27. The number of aromatic nitrogens is 1. The van der Waals surface area contributed by atoms with Crippen LogP contribution < -0.4 is 10.1 Å². The molecule has 0 unspecified atom stereocenters. The van der Waals surface area contributed by atoms with E-state index in [4.69, 9.17) is 4.74 Å². The van der Waals surface area contributed by atoms with E-state index in [-0.39, 0.29) is 0 Å². The number of hydrogen-bond acceptors (Lipinski definition) is 3. The molecular formula is C15H18N2O. The molecule has 1 fully saturated rings. The topological polar surface area (TPSA) is 34.1 Å². The van der Waals surface area contributed by atoms with Crippen LogP contribution in [0, 0.1) is 0 Å². The van der Waals surface area contributed by atoms with Crippen molar-refractivity contribution in [1.82, 2.24) is 10.3 Å². The highest BCUT2D eigenvalue weighted by atomic mass is 16.5. The van der Waals surface area contributed by atoms with Crippen molar-refractivity contribution in [3.05, 3.63) is 35.9 Å². The van der Waals surface area contributed by atoms with E-state index >= 15 is 0 Å². The molecule has 18 heavy (non-hydrogen) atoms. The zero-order chi connectivity index (χ0) is 12.4. The van der Waals surface area contributed by atoms with Crippen molar-refractivity contribution in [2.24, 2.45) is 0 Å². The molecule has 1 N–H and O–H groups in total. The van der Waals surface area contributed by atoms with Gasteiger partial charge in [-0.1, -0.05) is 18.2 Å². The van der Waals surface area contributed by atoms with Gasteiger partial charge in [0.2, 0.25) is 5.88 Å². The summed E-state index contributed by atoms with van der Waals surface area (Å²) in [6.07, 6.45) is 3.98. The molecule has 3 heteroatoms. The molecule has 3 nitrogen and oxygen atoms in total. The monoisotopic (exact) mass is 242 g/mol. The van der Waals surface area contributed by atoms with Gasteiger partial charge in [-0.2, -0.15) is 0 Å². The molecule has 0 spiro atoms. The lowest BCUT2D eigenvalue weighted by Gasteiger charge is -2.26. The summed E-state index contributed by atoms with van der Waals surface area (Å²) in [6.45, 7) is 0.837. The van der Waals surface area contributed by atoms with Gasteiger partial charge in [0.05, 0.1) is 5.52 Å². The first-order chi connectivity index (χ1) is 8.86. The van der Waals surface area contributed by atoms with Gasteiger partial charge in [0.25, 0.3) is 0 Å². The minimum Gasteiger partial charge on any atom is -0.474 e. The maximum absolute atomic E-state index is 5.91. The fraction of sp³-hybridized carbons (Fsp3) is 0.400. The third kappa shape index (κ3) is 2.18. The van der Waals surface area contributed by atoms with E-state index in [0.717, 1.165) is 30.8 Å². The molecule has 2 aromatic rings. The Hall–Kier alpha value is -1.61. The van der Waals surface area contributed by atoms with E-state index in [9.17, 15) is 0 Å². The van der Waals surface area contributed by atoms with Crippen LogP contribution in [0.2, 0.25) is 0 Å². The first-order valence-electron chi connectivity index (χ1n) is 6.57. The van der Waals surface area contributed by atoms with Gasteiger partial charge in [-0.05, 0) is 37.9 Å². The van der Waals surface area contributed by atoms with Gasteiger partial charge in [0.15, 0.2) is 0 Å². The molecule has 1 aliphatic rings. The lowest BCUT2D eigenvalue weighted by molar-refractivity contribution is 0.115. The van der Waals surface area contributed by atoms with Gasteiger partial charge >= 0.3 is 0 Å². The van der Waals surface area contributed by atoms with Crippen molar-refractivity contribution in [3.63, 3.8) is 0 Å². The highest BCUT2D eigenvalue weighted by molar-refractivity contribution is 5.82. The molecule has 0 radical (unpaired) electrons. The minimum atomic E-state index is 0.376. The van der Waals surface area contributed by atoms with Gasteiger partial charge in [0, 0.05) is 18.0 Å². The zero-order valence-corrected chi connectivity index (χ0v) is 10.6. The molecule has 1 heterocycles. The lowest BCUT2D eigenvalue weighted by atomic mass is 9.96. The van der Waals surface area contributed by atoms with Crippen LogP contribution >= 0.6 is 0 Å². The van der Waals surface area contributed by atoms with Crippen molar-refractivity contribution in [1.29, 1.82) is 0 Å². The van der Waals surface area contributed by atoms with Crippen LogP contribution in [-0.2, 0) is 6.54 Å². The Labute approximate surface area is 107 Å². The number of nitrogens with one attached hydrogen (secondary N) is 1. The SMILES string of the molecule is CNCc1cc(OC2CCC2)nc2ccccc12. The van der Waals surface area contributed by atoms with Crippen LogP contribution in [0.4, 0.5) is 0 Å². The zero-order valence-electron chi connectivity index (χ0n) is 10.6. The van der Waals surface area contributed by atoms with Crippen molar-refractivity contribution in [2.75, 3.05) is 7.05 Å². The normalized spacial score (nSPS) is 15.6. The molecule has 1 aromatic heterocycles. The van der Waals surface area contributed by atoms with Gasteiger partial charge in [-0.3, -0.25) is 0 Å². The van der Waals surface area contributed by atoms with Gasteiger partial charge in [-0.15, -0.1) is 0 Å². The fourth-order valence-corrected chi connectivity index (χ4v) is 2.28. The number of ether oxygens (including phenoxy) is 1. The molecule has 1 aromatic carbocycles. The largest absolute Gasteiger partial charge is 0.474 e. The smallest absolute Gasteiger partial charge is 0.214 e. The molecule has 1 aliphatic carbocycles. The Kier molecular flexibility index (Phi) is 3.15. The van der Waals surface area contributed by atoms with Gasteiger partial charge in [0.1, 0.15) is 6.10 Å². The fourth-order valence-electron chi connectivity index (χ4n) is 2.28. The predicted molar refractivity (Wildman–Crippen MR) is 72.8 cm³/mol. The summed E-state index contributed by atoms with van der Waals surface area (Å²) in [4.78, 5) is 4.59. The second-order valence-electron chi connectivity index (χ2n) is 4.84. The Bertz CT molecular complexity index is 549. The Morgan fingerprint density at radius 1 is 1.33 bits per heavy atom. The average molecular weight is 242 g/mol. The maximum Gasteiger partial charge on any atom is 0.214 e. The first-order valence-corrected chi connectivity index (χ1v) is 6.57. The summed E-state index contributed by atoms with van der Waals surface area (Å²) < 4.78 is 5.91. The quantitative estimate of drug-likeness (QED) is 0.895. The molecule has 0 atom stereocenters. The number of rotatable bonds is 4. The third-order valence-electron chi connectivity index (χ3n) is 3.49. The van der Waals surface area contributed by atoms with E-state index in [1.807, 2.05) is 19.2 Å². The van der Waals surface area contributed by atoms with Crippen LogP contribution in [0.5, 0.6) is 5.88 Å². The number of fused-ring (bicyclic) bond motifs is 1. The van der Waals surface area contributed by atoms with Gasteiger partial charge < -0.3 is 10.1 Å². The molecule has 94 valence electrons. The van der Waals surface area contributed by atoms with Crippen molar-refractivity contribution in [3.8, 4) is 5.88 Å². The van der Waals surface area contributed by atoms with E-state index < -0.39 is 0 Å². The number of benzene rings is 1. The molecule has 0 aliphatic heterocycles. The summed E-state index contributed by atoms with van der Waals surface area (Å²) in [5.74, 6) is 0.767. The van der Waals surface area contributed by atoms with Crippen LogP contribution in [0.3, 0.4) is 0 Å². The lowest BCUT2D eigenvalue weighted by Crippen LogP contribution is -2.25. The summed E-state index contributed by atoms with van der Waals surface area (Å²) in [6, 6.07) is 10.3. The maximum atomic E-state index is 5.91.